The van der Waals surface area contributed by atoms with Crippen LogP contribution in [-0.2, 0) is 11.3 Å². The van der Waals surface area contributed by atoms with Crippen LogP contribution in [0.2, 0.25) is 0 Å². The highest BCUT2D eigenvalue weighted by molar-refractivity contribution is 5.97. The fourth-order valence-corrected chi connectivity index (χ4v) is 2.68. The molecule has 0 bridgehead atoms. The highest BCUT2D eigenvalue weighted by Crippen LogP contribution is 2.22. The predicted octanol–water partition coefficient (Wildman–Crippen LogP) is 3.74. The van der Waals surface area contributed by atoms with E-state index in [1.54, 1.807) is 24.3 Å². The van der Waals surface area contributed by atoms with E-state index in [9.17, 15) is 9.18 Å². The van der Waals surface area contributed by atoms with Gasteiger partial charge in [-0.3, -0.25) is 4.79 Å². The van der Waals surface area contributed by atoms with Gasteiger partial charge in [-0.2, -0.15) is 0 Å². The molecule has 0 atom stereocenters. The van der Waals surface area contributed by atoms with E-state index in [1.807, 2.05) is 19.1 Å². The zero-order valence-electron chi connectivity index (χ0n) is 15.6. The van der Waals surface area contributed by atoms with Crippen LogP contribution in [0.1, 0.15) is 38.2 Å². The summed E-state index contributed by atoms with van der Waals surface area (Å²) in [6, 6.07) is 4.86. The number of terminal acetylenes is 1. The maximum absolute atomic E-state index is 14.5. The Kier molecular flexibility index (Phi) is 7.69. The number of ether oxygens (including phenoxy) is 1. The van der Waals surface area contributed by atoms with Crippen LogP contribution in [0.4, 0.5) is 4.39 Å². The average Bonchev–Trinajstić information content (AvgIpc) is 2.86. The van der Waals surface area contributed by atoms with Gasteiger partial charge in [-0.25, -0.2) is 4.39 Å². The second-order valence-corrected chi connectivity index (χ2v) is 6.22. The minimum Gasteiger partial charge on any atom is -0.490 e. The number of hydrogen-bond acceptors (Lipinski definition) is 3. The maximum atomic E-state index is 14.5. The van der Waals surface area contributed by atoms with Crippen LogP contribution >= 0.6 is 0 Å². The monoisotopic (exact) mass is 368 g/mol. The molecule has 27 heavy (non-hydrogen) atoms. The van der Waals surface area contributed by atoms with Gasteiger partial charge in [0.1, 0.15) is 0 Å². The van der Waals surface area contributed by atoms with Crippen molar-refractivity contribution in [2.75, 3.05) is 6.61 Å². The molecule has 2 rings (SSSR count). The molecule has 142 valence electrons. The van der Waals surface area contributed by atoms with E-state index in [4.69, 9.17) is 16.9 Å². The third-order valence-corrected chi connectivity index (χ3v) is 4.26. The maximum Gasteiger partial charge on any atom is 0.253 e. The number of amides is 1. The van der Waals surface area contributed by atoms with E-state index in [0.717, 1.165) is 12.0 Å². The van der Waals surface area contributed by atoms with Crippen LogP contribution < -0.4 is 15.8 Å². The van der Waals surface area contributed by atoms with E-state index in [0.29, 0.717) is 42.7 Å². The Morgan fingerprint density at radius 3 is 3.00 bits per heavy atom. The number of unbranched alkanes of at least 4 members (excludes halogenated alkanes) is 1. The Hall–Kier alpha value is -3.00. The molecule has 0 unspecified atom stereocenters. The standard InChI is InChI=1S/C22H25FN2O2/c1-3-5-6-13-27-20-12-8-10-17(21(20)23)15-25-22(26)18-11-7-9-16(4-2)14-19(18)24/h1,7-12H,4-6,13-15,24H2,2H3,(H,25,26). The molecular formula is C22H25FN2O2. The fraction of sp³-hybridized carbons (Fsp3) is 0.318. The number of benzene rings is 1. The first-order chi connectivity index (χ1) is 13.1. The number of allylic oxidation sites excluding steroid dienone is 3. The summed E-state index contributed by atoms with van der Waals surface area (Å²) in [7, 11) is 0. The van der Waals surface area contributed by atoms with Crippen LogP contribution in [0, 0.1) is 18.2 Å². The van der Waals surface area contributed by atoms with Gasteiger partial charge in [-0.15, -0.1) is 12.3 Å². The van der Waals surface area contributed by atoms with E-state index < -0.39 is 5.82 Å². The topological polar surface area (TPSA) is 64.3 Å². The second kappa shape index (κ2) is 10.2. The molecule has 5 heteroatoms. The van der Waals surface area contributed by atoms with Crippen molar-refractivity contribution in [3.63, 3.8) is 0 Å². The van der Waals surface area contributed by atoms with Crippen molar-refractivity contribution in [1.29, 1.82) is 0 Å². The van der Waals surface area contributed by atoms with E-state index in [1.165, 1.54) is 0 Å². The van der Waals surface area contributed by atoms with Gasteiger partial charge in [0.15, 0.2) is 11.6 Å². The summed E-state index contributed by atoms with van der Waals surface area (Å²) in [4.78, 5) is 12.5. The van der Waals surface area contributed by atoms with Crippen molar-refractivity contribution >= 4 is 5.91 Å². The second-order valence-electron chi connectivity index (χ2n) is 6.22. The Morgan fingerprint density at radius 1 is 1.44 bits per heavy atom. The summed E-state index contributed by atoms with van der Waals surface area (Å²) in [5.41, 5.74) is 8.50. The van der Waals surface area contributed by atoms with Gasteiger partial charge in [-0.05, 0) is 25.0 Å². The summed E-state index contributed by atoms with van der Waals surface area (Å²) in [6.07, 6.45) is 13.3. The van der Waals surface area contributed by atoms with Crippen LogP contribution in [0.3, 0.4) is 0 Å². The minimum absolute atomic E-state index is 0.0465. The molecule has 0 spiro atoms. The highest BCUT2D eigenvalue weighted by atomic mass is 19.1. The van der Waals surface area contributed by atoms with Crippen molar-refractivity contribution in [3.05, 3.63) is 64.7 Å². The zero-order chi connectivity index (χ0) is 19.6. The van der Waals surface area contributed by atoms with Crippen molar-refractivity contribution in [1.82, 2.24) is 5.32 Å². The molecule has 3 N–H and O–H groups in total. The van der Waals surface area contributed by atoms with Gasteiger partial charge < -0.3 is 15.8 Å². The van der Waals surface area contributed by atoms with Gasteiger partial charge >= 0.3 is 0 Å². The third kappa shape index (κ3) is 5.75. The molecule has 1 aromatic rings. The van der Waals surface area contributed by atoms with Crippen LogP contribution in [0.25, 0.3) is 0 Å². The van der Waals surface area contributed by atoms with E-state index in [-0.39, 0.29) is 18.2 Å². The number of carbonyl (C=O) groups excluding carboxylic acids is 1. The van der Waals surface area contributed by atoms with Crippen molar-refractivity contribution < 1.29 is 13.9 Å². The molecular weight excluding hydrogens is 343 g/mol. The zero-order valence-corrected chi connectivity index (χ0v) is 15.6. The largest absolute Gasteiger partial charge is 0.490 e. The van der Waals surface area contributed by atoms with E-state index in [2.05, 4.69) is 11.2 Å². The third-order valence-electron chi connectivity index (χ3n) is 4.26. The lowest BCUT2D eigenvalue weighted by atomic mass is 10.1. The smallest absolute Gasteiger partial charge is 0.253 e. The van der Waals surface area contributed by atoms with Gasteiger partial charge in [0, 0.05) is 30.6 Å². The van der Waals surface area contributed by atoms with Gasteiger partial charge in [0.25, 0.3) is 5.91 Å². The summed E-state index contributed by atoms with van der Waals surface area (Å²) >= 11 is 0. The van der Waals surface area contributed by atoms with Crippen LogP contribution in [-0.4, -0.2) is 12.5 Å². The van der Waals surface area contributed by atoms with Gasteiger partial charge in [-0.1, -0.05) is 36.8 Å². The quantitative estimate of drug-likeness (QED) is 0.543. The van der Waals surface area contributed by atoms with Crippen LogP contribution in [0.5, 0.6) is 5.75 Å². The average molecular weight is 368 g/mol. The molecule has 0 saturated heterocycles. The lowest BCUT2D eigenvalue weighted by Gasteiger charge is -2.12. The van der Waals surface area contributed by atoms with Gasteiger partial charge in [0.2, 0.25) is 0 Å². The van der Waals surface area contributed by atoms with E-state index >= 15 is 0 Å². The Balaban J connectivity index is 2.00. The molecule has 1 aliphatic carbocycles. The minimum atomic E-state index is -0.480. The Morgan fingerprint density at radius 2 is 2.26 bits per heavy atom. The number of hydrogen-bond donors (Lipinski definition) is 2. The summed E-state index contributed by atoms with van der Waals surface area (Å²) in [6.45, 7) is 2.44. The lowest BCUT2D eigenvalue weighted by Crippen LogP contribution is -2.26. The number of carbonyl (C=O) groups is 1. The predicted molar refractivity (Wildman–Crippen MR) is 105 cm³/mol. The Labute approximate surface area is 160 Å². The van der Waals surface area contributed by atoms with Crippen molar-refractivity contribution in [2.45, 2.75) is 39.2 Å². The summed E-state index contributed by atoms with van der Waals surface area (Å²) in [5.74, 6) is 1.86. The SMILES string of the molecule is C#CCCCOc1cccc(CNC(=O)C2=C(N)CC(CC)=CC=C2)c1F. The summed E-state index contributed by atoms with van der Waals surface area (Å²) in [5, 5.41) is 2.73. The molecule has 1 aliphatic rings. The van der Waals surface area contributed by atoms with Crippen LogP contribution in [0.15, 0.2) is 53.3 Å². The fourth-order valence-electron chi connectivity index (χ4n) is 2.68. The Bertz CT molecular complexity index is 816. The molecule has 0 radical (unpaired) electrons. The molecule has 0 aliphatic heterocycles. The molecule has 1 amide bonds. The first-order valence-corrected chi connectivity index (χ1v) is 9.03. The number of rotatable bonds is 8. The first kappa shape index (κ1) is 20.3. The van der Waals surface area contributed by atoms with Crippen molar-refractivity contribution in [2.24, 2.45) is 5.73 Å². The molecule has 4 nitrogen and oxygen atoms in total. The number of nitrogens with two attached hydrogens (primary N) is 1. The lowest BCUT2D eigenvalue weighted by molar-refractivity contribution is -0.117. The first-order valence-electron chi connectivity index (χ1n) is 9.03. The van der Waals surface area contributed by atoms with Crippen molar-refractivity contribution in [3.8, 4) is 18.1 Å². The normalized spacial score (nSPS) is 13.6. The molecule has 0 saturated carbocycles. The molecule has 1 aromatic carbocycles. The molecule has 0 heterocycles. The molecule has 0 aromatic heterocycles. The highest BCUT2D eigenvalue weighted by Gasteiger charge is 2.15. The summed E-state index contributed by atoms with van der Waals surface area (Å²) < 4.78 is 20.0. The number of nitrogens with one attached hydrogen (secondary N) is 1. The van der Waals surface area contributed by atoms with Gasteiger partial charge in [0.05, 0.1) is 12.2 Å². The molecule has 0 fully saturated rings. The number of halogens is 1.